The third-order valence-corrected chi connectivity index (χ3v) is 8.24. The highest BCUT2D eigenvalue weighted by molar-refractivity contribution is 5.69. The molecule has 0 spiro atoms. The number of alkyl halides is 3. The molecule has 1 aromatic heterocycles. The van der Waals surface area contributed by atoms with E-state index >= 15 is 0 Å². The first-order valence-electron chi connectivity index (χ1n) is 15.8. The second-order valence-corrected chi connectivity index (χ2v) is 11.7. The smallest absolute Gasteiger partial charge is 0.454 e. The molecular weight excluding hydrogens is 623 g/mol. The van der Waals surface area contributed by atoms with E-state index in [-0.39, 0.29) is 19.3 Å². The van der Waals surface area contributed by atoms with Crippen LogP contribution in [0.4, 0.5) is 13.2 Å². The normalized spacial score (nSPS) is 13.4. The molecule has 0 aliphatic carbocycles. The molecule has 11 heteroatoms. The molecule has 0 N–H and O–H groups in total. The molecule has 0 unspecified atom stereocenters. The van der Waals surface area contributed by atoms with Crippen LogP contribution in [0, 0.1) is 0 Å². The molecule has 5 aromatic rings. The number of halogens is 3. The maximum Gasteiger partial charge on any atom is 0.573 e. The number of rotatable bonds is 12. The fraction of sp³-hybridized carbons (Fsp3) is 0.270. The molecule has 0 bridgehead atoms. The fourth-order valence-electron chi connectivity index (χ4n) is 6.06. The Balaban J connectivity index is 1.33. The zero-order valence-electron chi connectivity index (χ0n) is 26.3. The Labute approximate surface area is 276 Å². The van der Waals surface area contributed by atoms with Crippen molar-refractivity contribution in [1.82, 2.24) is 14.5 Å². The van der Waals surface area contributed by atoms with Crippen molar-refractivity contribution in [2.45, 2.75) is 52.3 Å². The van der Waals surface area contributed by atoms with E-state index in [9.17, 15) is 13.2 Å². The first kappa shape index (κ1) is 31.4. The molecule has 8 nitrogen and oxygen atoms in total. The van der Waals surface area contributed by atoms with Crippen molar-refractivity contribution in [2.75, 3.05) is 13.6 Å². The Morgan fingerprint density at radius 2 is 1.35 bits per heavy atom. The summed E-state index contributed by atoms with van der Waals surface area (Å²) in [5.74, 6) is 3.24. The highest BCUT2D eigenvalue weighted by Gasteiger charge is 2.31. The fourth-order valence-corrected chi connectivity index (χ4v) is 6.06. The number of nitrogens with zero attached hydrogens (tertiary/aromatic N) is 3. The molecule has 4 aromatic carbocycles. The van der Waals surface area contributed by atoms with Crippen LogP contribution in [0.25, 0.3) is 22.6 Å². The molecule has 0 saturated heterocycles. The van der Waals surface area contributed by atoms with Gasteiger partial charge in [-0.3, -0.25) is 4.90 Å². The van der Waals surface area contributed by atoms with Gasteiger partial charge in [-0.1, -0.05) is 67.9 Å². The summed E-state index contributed by atoms with van der Waals surface area (Å²) in [7, 11) is 0. The SMILES string of the molecule is CCCCn1c(-c2ccccc2)nc(-c2cccc(OC(F)(F)F)c2)c1CN(Cc1ccc2c(c1)OCO2)Cc1ccc2c(c1)OCO2. The van der Waals surface area contributed by atoms with E-state index in [0.717, 1.165) is 41.1 Å². The van der Waals surface area contributed by atoms with Crippen LogP contribution in [0.1, 0.15) is 36.6 Å². The second-order valence-electron chi connectivity index (χ2n) is 11.7. The van der Waals surface area contributed by atoms with Crippen molar-refractivity contribution in [3.8, 4) is 51.4 Å². The molecule has 0 atom stereocenters. The Bertz CT molecular complexity index is 1830. The third-order valence-electron chi connectivity index (χ3n) is 8.24. The van der Waals surface area contributed by atoms with Crippen LogP contribution in [0.15, 0.2) is 91.0 Å². The number of imidazole rings is 1. The average molecular weight is 658 g/mol. The summed E-state index contributed by atoms with van der Waals surface area (Å²) in [5, 5.41) is 0. The van der Waals surface area contributed by atoms with Gasteiger partial charge < -0.3 is 28.3 Å². The number of hydrogen-bond donors (Lipinski definition) is 0. The van der Waals surface area contributed by atoms with E-state index in [1.807, 2.05) is 66.7 Å². The minimum absolute atomic E-state index is 0.180. The molecule has 0 radical (unpaired) electrons. The standard InChI is InChI=1S/C37H34F3N3O5/c1-2-3-16-43-30(35(41-36(43)27-8-5-4-6-9-27)28-10-7-11-29(19-28)48-37(38,39)40)22-42(20-25-12-14-31-33(17-25)46-23-44-31)21-26-13-15-32-34(18-26)47-24-45-32/h4-15,17-19H,2-3,16,20-24H2,1H3. The van der Waals surface area contributed by atoms with Gasteiger partial charge in [-0.25, -0.2) is 4.98 Å². The molecule has 48 heavy (non-hydrogen) atoms. The molecule has 2 aliphatic heterocycles. The summed E-state index contributed by atoms with van der Waals surface area (Å²) in [6.45, 7) is 4.69. The van der Waals surface area contributed by atoms with Gasteiger partial charge in [0.2, 0.25) is 13.6 Å². The van der Waals surface area contributed by atoms with Crippen LogP contribution in [0.3, 0.4) is 0 Å². The van der Waals surface area contributed by atoms with E-state index in [2.05, 4.69) is 21.1 Å². The number of unbranched alkanes of at least 4 members (excludes halogenated alkanes) is 1. The van der Waals surface area contributed by atoms with Gasteiger partial charge in [-0.15, -0.1) is 13.2 Å². The molecule has 0 fully saturated rings. The largest absolute Gasteiger partial charge is 0.573 e. The van der Waals surface area contributed by atoms with E-state index < -0.39 is 6.36 Å². The maximum atomic E-state index is 13.3. The second kappa shape index (κ2) is 13.5. The van der Waals surface area contributed by atoms with Gasteiger partial charge in [0.15, 0.2) is 23.0 Å². The zero-order valence-corrected chi connectivity index (χ0v) is 26.3. The zero-order chi connectivity index (χ0) is 33.1. The van der Waals surface area contributed by atoms with Crippen LogP contribution < -0.4 is 23.7 Å². The Morgan fingerprint density at radius 1 is 0.729 bits per heavy atom. The summed E-state index contributed by atoms with van der Waals surface area (Å²) >= 11 is 0. The summed E-state index contributed by atoms with van der Waals surface area (Å²) in [6.07, 6.45) is -2.97. The van der Waals surface area contributed by atoms with E-state index in [1.54, 1.807) is 12.1 Å². The first-order valence-corrected chi connectivity index (χ1v) is 15.8. The molecule has 3 heterocycles. The lowest BCUT2D eigenvalue weighted by Gasteiger charge is -2.25. The van der Waals surface area contributed by atoms with Crippen molar-refractivity contribution in [3.05, 3.63) is 108 Å². The van der Waals surface area contributed by atoms with Gasteiger partial charge in [0.1, 0.15) is 11.6 Å². The number of hydrogen-bond acceptors (Lipinski definition) is 7. The van der Waals surface area contributed by atoms with E-state index in [4.69, 9.17) is 23.9 Å². The van der Waals surface area contributed by atoms with Crippen molar-refractivity contribution in [3.63, 3.8) is 0 Å². The minimum Gasteiger partial charge on any atom is -0.454 e. The third kappa shape index (κ3) is 7.06. The van der Waals surface area contributed by atoms with E-state index in [1.165, 1.54) is 12.1 Å². The molecular formula is C37H34F3N3O5. The van der Waals surface area contributed by atoms with E-state index in [0.29, 0.717) is 60.4 Å². The van der Waals surface area contributed by atoms with Crippen LogP contribution >= 0.6 is 0 Å². The van der Waals surface area contributed by atoms with Crippen molar-refractivity contribution < 1.29 is 36.9 Å². The highest BCUT2D eigenvalue weighted by atomic mass is 19.4. The summed E-state index contributed by atoms with van der Waals surface area (Å²) in [4.78, 5) is 7.41. The lowest BCUT2D eigenvalue weighted by molar-refractivity contribution is -0.274. The average Bonchev–Trinajstić information content (AvgIpc) is 3.82. The number of ether oxygens (including phenoxy) is 5. The lowest BCUT2D eigenvalue weighted by Crippen LogP contribution is -2.24. The van der Waals surface area contributed by atoms with Crippen LogP contribution in [-0.4, -0.2) is 34.4 Å². The van der Waals surface area contributed by atoms with Gasteiger partial charge in [-0.2, -0.15) is 0 Å². The monoisotopic (exact) mass is 657 g/mol. The quantitative estimate of drug-likeness (QED) is 0.133. The van der Waals surface area contributed by atoms with Crippen LogP contribution in [-0.2, 0) is 26.2 Å². The Hall–Kier alpha value is -5.16. The highest BCUT2D eigenvalue weighted by Crippen LogP contribution is 2.37. The van der Waals surface area contributed by atoms with Crippen molar-refractivity contribution >= 4 is 0 Å². The Morgan fingerprint density at radius 3 is 1.98 bits per heavy atom. The number of aromatic nitrogens is 2. The van der Waals surface area contributed by atoms with Gasteiger partial charge in [-0.05, 0) is 53.9 Å². The van der Waals surface area contributed by atoms with Gasteiger partial charge in [0, 0.05) is 37.3 Å². The summed E-state index contributed by atoms with van der Waals surface area (Å²) in [5.41, 5.74) is 4.97. The van der Waals surface area contributed by atoms with Crippen molar-refractivity contribution in [1.29, 1.82) is 0 Å². The number of fused-ring (bicyclic) bond motifs is 2. The van der Waals surface area contributed by atoms with Crippen LogP contribution in [0.2, 0.25) is 0 Å². The molecule has 2 aliphatic rings. The Kier molecular flexibility index (Phi) is 8.86. The maximum absolute atomic E-state index is 13.3. The minimum atomic E-state index is -4.82. The molecule has 248 valence electrons. The molecule has 0 amide bonds. The van der Waals surface area contributed by atoms with Crippen molar-refractivity contribution in [2.24, 2.45) is 0 Å². The number of benzene rings is 4. The van der Waals surface area contributed by atoms with Crippen LogP contribution in [0.5, 0.6) is 28.7 Å². The lowest BCUT2D eigenvalue weighted by atomic mass is 10.1. The molecule has 7 rings (SSSR count). The topological polar surface area (TPSA) is 67.2 Å². The van der Waals surface area contributed by atoms with Gasteiger partial charge >= 0.3 is 6.36 Å². The molecule has 0 saturated carbocycles. The predicted octanol–water partition coefficient (Wildman–Crippen LogP) is 8.58. The summed E-state index contributed by atoms with van der Waals surface area (Å²) in [6, 6.07) is 27.7. The summed E-state index contributed by atoms with van der Waals surface area (Å²) < 4.78 is 68.7. The van der Waals surface area contributed by atoms with Gasteiger partial charge in [0.05, 0.1) is 11.4 Å². The van der Waals surface area contributed by atoms with Gasteiger partial charge in [0.25, 0.3) is 0 Å². The first-order chi connectivity index (χ1) is 23.3. The predicted molar refractivity (Wildman–Crippen MR) is 173 cm³/mol.